The van der Waals surface area contributed by atoms with Gasteiger partial charge in [0.2, 0.25) is 5.91 Å². The Bertz CT molecular complexity index is 849. The fourth-order valence-electron chi connectivity index (χ4n) is 4.64. The number of likely N-dealkylation sites (tertiary alicyclic amines) is 1. The number of rotatable bonds is 4. The molecule has 6 nitrogen and oxygen atoms in total. The van der Waals surface area contributed by atoms with Crippen molar-refractivity contribution in [1.82, 2.24) is 14.9 Å². The molecule has 148 valence electrons. The van der Waals surface area contributed by atoms with Crippen LogP contribution in [0.25, 0.3) is 0 Å². The molecule has 28 heavy (non-hydrogen) atoms. The molecule has 1 aromatic heterocycles. The lowest BCUT2D eigenvalue weighted by molar-refractivity contribution is -0.133. The smallest absolute Gasteiger partial charge is 0.223 e. The summed E-state index contributed by atoms with van der Waals surface area (Å²) in [6.45, 7) is 5.51. The maximum atomic E-state index is 12.9. The number of aromatic nitrogens is 2. The summed E-state index contributed by atoms with van der Waals surface area (Å²) < 4.78 is 5.35. The van der Waals surface area contributed by atoms with E-state index in [2.05, 4.69) is 31.9 Å². The van der Waals surface area contributed by atoms with E-state index in [-0.39, 0.29) is 11.9 Å². The van der Waals surface area contributed by atoms with E-state index in [0.717, 1.165) is 54.5 Å². The highest BCUT2D eigenvalue weighted by molar-refractivity contribution is 5.77. The van der Waals surface area contributed by atoms with Crippen LogP contribution in [0.5, 0.6) is 5.75 Å². The van der Waals surface area contributed by atoms with Gasteiger partial charge in [0.05, 0.1) is 19.2 Å². The molecule has 0 unspecified atom stereocenters. The molecule has 0 radical (unpaired) electrons. The molecule has 2 fully saturated rings. The highest BCUT2D eigenvalue weighted by Crippen LogP contribution is 2.34. The number of carbonyl (C=O) groups is 1. The van der Waals surface area contributed by atoms with Gasteiger partial charge in [-0.3, -0.25) is 4.79 Å². The van der Waals surface area contributed by atoms with Crippen LogP contribution in [0, 0.1) is 13.8 Å². The number of anilines is 1. The average molecular weight is 380 g/mol. The second-order valence-electron chi connectivity index (χ2n) is 7.80. The summed E-state index contributed by atoms with van der Waals surface area (Å²) in [5.74, 6) is 2.88. The second kappa shape index (κ2) is 7.78. The standard InChI is InChI=1S/C22H28N4O2/c1-15-12-21(24-16(2)23-15)25-11-10-20-19(25)8-5-9-22(27)26(20)14-17-6-4-7-18(13-17)28-3/h4,6-7,12-13,19-20H,5,8-11,14H2,1-3H3/t19-,20-/m1/s1. The lowest BCUT2D eigenvalue weighted by Crippen LogP contribution is -2.45. The van der Waals surface area contributed by atoms with Gasteiger partial charge in [0.1, 0.15) is 17.4 Å². The number of hydrogen-bond acceptors (Lipinski definition) is 5. The molecular weight excluding hydrogens is 352 g/mol. The minimum atomic E-state index is 0.219. The Kier molecular flexibility index (Phi) is 5.20. The van der Waals surface area contributed by atoms with Crippen molar-refractivity contribution in [2.75, 3.05) is 18.6 Å². The van der Waals surface area contributed by atoms with Crippen LogP contribution >= 0.6 is 0 Å². The summed E-state index contributed by atoms with van der Waals surface area (Å²) >= 11 is 0. The maximum absolute atomic E-state index is 12.9. The van der Waals surface area contributed by atoms with Gasteiger partial charge in [-0.25, -0.2) is 9.97 Å². The molecule has 0 N–H and O–H groups in total. The Morgan fingerprint density at radius 1 is 1.14 bits per heavy atom. The van der Waals surface area contributed by atoms with Crippen molar-refractivity contribution in [1.29, 1.82) is 0 Å². The molecule has 2 atom stereocenters. The second-order valence-corrected chi connectivity index (χ2v) is 7.80. The largest absolute Gasteiger partial charge is 0.497 e. The number of ether oxygens (including phenoxy) is 1. The maximum Gasteiger partial charge on any atom is 0.223 e. The van der Waals surface area contributed by atoms with Crippen molar-refractivity contribution in [3.8, 4) is 5.75 Å². The molecule has 0 bridgehead atoms. The fourth-order valence-corrected chi connectivity index (χ4v) is 4.64. The van der Waals surface area contributed by atoms with Gasteiger partial charge in [0.15, 0.2) is 0 Å². The van der Waals surface area contributed by atoms with E-state index in [1.165, 1.54) is 0 Å². The third-order valence-electron chi connectivity index (χ3n) is 5.86. The number of hydrogen-bond donors (Lipinski definition) is 0. The first-order valence-corrected chi connectivity index (χ1v) is 10.1. The molecule has 2 aromatic rings. The van der Waals surface area contributed by atoms with Gasteiger partial charge in [-0.05, 0) is 50.8 Å². The molecule has 1 aromatic carbocycles. The van der Waals surface area contributed by atoms with E-state index < -0.39 is 0 Å². The normalized spacial score (nSPS) is 22.2. The van der Waals surface area contributed by atoms with Crippen LogP contribution in [0.3, 0.4) is 0 Å². The molecule has 0 saturated carbocycles. The third kappa shape index (κ3) is 3.68. The van der Waals surface area contributed by atoms with Crippen LogP contribution in [0.2, 0.25) is 0 Å². The van der Waals surface area contributed by atoms with Crippen molar-refractivity contribution in [3.63, 3.8) is 0 Å². The van der Waals surface area contributed by atoms with Crippen LogP contribution in [-0.4, -0.2) is 46.5 Å². The van der Waals surface area contributed by atoms with Gasteiger partial charge in [0, 0.05) is 31.3 Å². The zero-order chi connectivity index (χ0) is 19.7. The minimum absolute atomic E-state index is 0.219. The number of fused-ring (bicyclic) bond motifs is 1. The Labute approximate surface area is 166 Å². The van der Waals surface area contributed by atoms with Gasteiger partial charge in [-0.1, -0.05) is 12.1 Å². The topological polar surface area (TPSA) is 58.6 Å². The summed E-state index contributed by atoms with van der Waals surface area (Å²) in [4.78, 5) is 26.5. The first kappa shape index (κ1) is 18.7. The predicted molar refractivity (Wildman–Crippen MR) is 108 cm³/mol. The molecule has 6 heteroatoms. The van der Waals surface area contributed by atoms with Crippen molar-refractivity contribution < 1.29 is 9.53 Å². The number of methoxy groups -OCH3 is 1. The highest BCUT2D eigenvalue weighted by Gasteiger charge is 2.41. The van der Waals surface area contributed by atoms with Crippen molar-refractivity contribution in [3.05, 3.63) is 47.4 Å². The van der Waals surface area contributed by atoms with Crippen LogP contribution in [-0.2, 0) is 11.3 Å². The highest BCUT2D eigenvalue weighted by atomic mass is 16.5. The zero-order valence-corrected chi connectivity index (χ0v) is 16.9. The lowest BCUT2D eigenvalue weighted by Gasteiger charge is -2.34. The van der Waals surface area contributed by atoms with Gasteiger partial charge >= 0.3 is 0 Å². The third-order valence-corrected chi connectivity index (χ3v) is 5.86. The summed E-state index contributed by atoms with van der Waals surface area (Å²) in [7, 11) is 1.67. The Morgan fingerprint density at radius 3 is 2.79 bits per heavy atom. The Morgan fingerprint density at radius 2 is 2.00 bits per heavy atom. The molecule has 0 aliphatic carbocycles. The Hall–Kier alpha value is -2.63. The van der Waals surface area contributed by atoms with Crippen molar-refractivity contribution in [2.24, 2.45) is 0 Å². The van der Waals surface area contributed by atoms with E-state index in [4.69, 9.17) is 4.74 Å². The van der Waals surface area contributed by atoms with Gasteiger partial charge in [-0.2, -0.15) is 0 Å². The molecule has 2 saturated heterocycles. The quantitative estimate of drug-likeness (QED) is 0.815. The van der Waals surface area contributed by atoms with E-state index >= 15 is 0 Å². The first-order valence-electron chi connectivity index (χ1n) is 10.1. The minimum Gasteiger partial charge on any atom is -0.497 e. The summed E-state index contributed by atoms with van der Waals surface area (Å²) in [5, 5.41) is 0. The molecule has 3 heterocycles. The number of carbonyl (C=O) groups excluding carboxylic acids is 1. The van der Waals surface area contributed by atoms with Crippen LogP contribution in [0.1, 0.15) is 42.8 Å². The SMILES string of the molecule is COc1cccc(CN2C(=O)CCC[C@@H]3[C@H]2CCN3c2cc(C)nc(C)n2)c1. The summed E-state index contributed by atoms with van der Waals surface area (Å²) in [5.41, 5.74) is 2.10. The van der Waals surface area contributed by atoms with Crippen molar-refractivity contribution in [2.45, 2.75) is 58.2 Å². The number of benzene rings is 1. The molecule has 4 rings (SSSR count). The van der Waals surface area contributed by atoms with E-state index in [1.54, 1.807) is 7.11 Å². The Balaban J connectivity index is 1.60. The predicted octanol–water partition coefficient (Wildman–Crippen LogP) is 3.26. The van der Waals surface area contributed by atoms with Gasteiger partial charge in [0.25, 0.3) is 0 Å². The van der Waals surface area contributed by atoms with Crippen LogP contribution in [0.15, 0.2) is 30.3 Å². The average Bonchev–Trinajstić information content (AvgIpc) is 3.02. The van der Waals surface area contributed by atoms with Crippen LogP contribution < -0.4 is 9.64 Å². The lowest BCUT2D eigenvalue weighted by atomic mass is 10.0. The summed E-state index contributed by atoms with van der Waals surface area (Å²) in [6.07, 6.45) is 3.54. The number of aryl methyl sites for hydroxylation is 2. The van der Waals surface area contributed by atoms with Crippen LogP contribution in [0.4, 0.5) is 5.82 Å². The van der Waals surface area contributed by atoms with E-state index in [0.29, 0.717) is 19.0 Å². The molecule has 0 spiro atoms. The monoisotopic (exact) mass is 380 g/mol. The summed E-state index contributed by atoms with van der Waals surface area (Å²) in [6, 6.07) is 10.6. The number of amides is 1. The molecular formula is C22H28N4O2. The van der Waals surface area contributed by atoms with E-state index in [1.807, 2.05) is 32.0 Å². The molecule has 2 aliphatic heterocycles. The van der Waals surface area contributed by atoms with Crippen molar-refractivity contribution >= 4 is 11.7 Å². The molecule has 2 aliphatic rings. The van der Waals surface area contributed by atoms with Gasteiger partial charge < -0.3 is 14.5 Å². The zero-order valence-electron chi connectivity index (χ0n) is 16.9. The van der Waals surface area contributed by atoms with Gasteiger partial charge in [-0.15, -0.1) is 0 Å². The molecule has 1 amide bonds. The van der Waals surface area contributed by atoms with E-state index in [9.17, 15) is 4.79 Å². The number of nitrogens with zero attached hydrogens (tertiary/aromatic N) is 4. The first-order chi connectivity index (χ1) is 13.5. The fraction of sp³-hybridized carbons (Fsp3) is 0.500.